The minimum atomic E-state index is 0.186. The SMILES string of the molecule is O=C1CC=CCC2(CC2)N1. The maximum atomic E-state index is 11.0. The average molecular weight is 137 g/mol. The van der Waals surface area contributed by atoms with E-state index in [2.05, 4.69) is 11.4 Å². The second-order valence-electron chi connectivity index (χ2n) is 3.21. The molecule has 54 valence electrons. The standard InChI is InChI=1S/C8H11NO/c10-7-3-1-2-4-8(9-7)5-6-8/h1-2H,3-6H2,(H,9,10). The summed E-state index contributed by atoms with van der Waals surface area (Å²) in [6, 6.07) is 0. The molecule has 2 nitrogen and oxygen atoms in total. The molecule has 0 aromatic carbocycles. The van der Waals surface area contributed by atoms with E-state index in [0.29, 0.717) is 6.42 Å². The Hall–Kier alpha value is -0.790. The minimum absolute atomic E-state index is 0.186. The van der Waals surface area contributed by atoms with E-state index in [4.69, 9.17) is 0 Å². The summed E-state index contributed by atoms with van der Waals surface area (Å²) in [7, 11) is 0. The molecule has 1 fully saturated rings. The summed E-state index contributed by atoms with van der Waals surface area (Å²) in [5, 5.41) is 3.03. The van der Waals surface area contributed by atoms with E-state index >= 15 is 0 Å². The summed E-state index contributed by atoms with van der Waals surface area (Å²) < 4.78 is 0. The Labute approximate surface area is 60.3 Å². The third-order valence-corrected chi connectivity index (χ3v) is 2.24. The Bertz CT molecular complexity index is 191. The lowest BCUT2D eigenvalue weighted by molar-refractivity contribution is -0.121. The fraction of sp³-hybridized carbons (Fsp3) is 0.625. The van der Waals surface area contributed by atoms with Crippen LogP contribution in [0.25, 0.3) is 0 Å². The van der Waals surface area contributed by atoms with Crippen LogP contribution in [-0.2, 0) is 4.79 Å². The van der Waals surface area contributed by atoms with Gasteiger partial charge in [0.05, 0.1) is 0 Å². The number of carbonyl (C=O) groups excluding carboxylic acids is 1. The number of hydrogen-bond donors (Lipinski definition) is 1. The van der Waals surface area contributed by atoms with Crippen molar-refractivity contribution >= 4 is 5.91 Å². The zero-order valence-electron chi connectivity index (χ0n) is 5.89. The molecule has 0 atom stereocenters. The molecule has 2 heteroatoms. The normalized spacial score (nSPS) is 27.8. The lowest BCUT2D eigenvalue weighted by Gasteiger charge is -2.11. The van der Waals surface area contributed by atoms with Gasteiger partial charge in [0.15, 0.2) is 0 Å². The van der Waals surface area contributed by atoms with Crippen molar-refractivity contribution in [3.05, 3.63) is 12.2 Å². The monoisotopic (exact) mass is 137 g/mol. The van der Waals surface area contributed by atoms with Crippen molar-refractivity contribution in [2.45, 2.75) is 31.2 Å². The highest BCUT2D eigenvalue weighted by Crippen LogP contribution is 2.39. The van der Waals surface area contributed by atoms with Gasteiger partial charge in [-0.05, 0) is 19.3 Å². The first kappa shape index (κ1) is 5.96. The van der Waals surface area contributed by atoms with Crippen LogP contribution in [0.15, 0.2) is 12.2 Å². The van der Waals surface area contributed by atoms with Crippen molar-refractivity contribution in [3.8, 4) is 0 Å². The van der Waals surface area contributed by atoms with E-state index in [1.54, 1.807) is 0 Å². The zero-order valence-corrected chi connectivity index (χ0v) is 5.89. The lowest BCUT2D eigenvalue weighted by Crippen LogP contribution is -2.34. The minimum Gasteiger partial charge on any atom is -0.350 e. The van der Waals surface area contributed by atoms with Gasteiger partial charge < -0.3 is 5.32 Å². The van der Waals surface area contributed by atoms with Crippen LogP contribution in [0.4, 0.5) is 0 Å². The van der Waals surface area contributed by atoms with Crippen molar-refractivity contribution in [3.63, 3.8) is 0 Å². The topological polar surface area (TPSA) is 29.1 Å². The van der Waals surface area contributed by atoms with Crippen LogP contribution >= 0.6 is 0 Å². The van der Waals surface area contributed by atoms with Gasteiger partial charge in [0.25, 0.3) is 0 Å². The highest BCUT2D eigenvalue weighted by atomic mass is 16.1. The van der Waals surface area contributed by atoms with Crippen LogP contribution in [0.5, 0.6) is 0 Å². The quantitative estimate of drug-likeness (QED) is 0.495. The van der Waals surface area contributed by atoms with Crippen LogP contribution in [-0.4, -0.2) is 11.4 Å². The molecule has 10 heavy (non-hydrogen) atoms. The third kappa shape index (κ3) is 0.939. The van der Waals surface area contributed by atoms with Crippen molar-refractivity contribution in [1.82, 2.24) is 5.32 Å². The summed E-state index contributed by atoms with van der Waals surface area (Å²) in [5.41, 5.74) is 0.198. The first-order valence-electron chi connectivity index (χ1n) is 3.77. The summed E-state index contributed by atoms with van der Waals surface area (Å²) >= 11 is 0. The third-order valence-electron chi connectivity index (χ3n) is 2.24. The Morgan fingerprint density at radius 2 is 2.20 bits per heavy atom. The fourth-order valence-electron chi connectivity index (χ4n) is 1.38. The van der Waals surface area contributed by atoms with Crippen LogP contribution in [0.2, 0.25) is 0 Å². The molecular formula is C8H11NO. The van der Waals surface area contributed by atoms with Crippen LogP contribution in [0.3, 0.4) is 0 Å². The summed E-state index contributed by atoms with van der Waals surface area (Å²) in [4.78, 5) is 11.0. The molecule has 0 aromatic heterocycles. The van der Waals surface area contributed by atoms with E-state index in [0.717, 1.165) is 6.42 Å². The molecular weight excluding hydrogens is 126 g/mol. The first-order valence-corrected chi connectivity index (χ1v) is 3.77. The number of nitrogens with one attached hydrogen (secondary N) is 1. The van der Waals surface area contributed by atoms with Gasteiger partial charge in [-0.25, -0.2) is 0 Å². The van der Waals surface area contributed by atoms with Gasteiger partial charge in [0.1, 0.15) is 0 Å². The zero-order chi connectivity index (χ0) is 7.03. The van der Waals surface area contributed by atoms with Gasteiger partial charge in [-0.2, -0.15) is 0 Å². The summed E-state index contributed by atoms with van der Waals surface area (Å²) in [6.45, 7) is 0. The number of amides is 1. The lowest BCUT2D eigenvalue weighted by atomic mass is 10.2. The molecule has 1 aliphatic carbocycles. The molecule has 1 heterocycles. The molecule has 1 saturated carbocycles. The Balaban J connectivity index is 2.12. The van der Waals surface area contributed by atoms with Crippen molar-refractivity contribution in [2.24, 2.45) is 0 Å². The van der Waals surface area contributed by atoms with Crippen LogP contribution in [0, 0.1) is 0 Å². The molecule has 0 aromatic rings. The number of hydrogen-bond acceptors (Lipinski definition) is 1. The molecule has 0 unspecified atom stereocenters. The van der Waals surface area contributed by atoms with E-state index < -0.39 is 0 Å². The van der Waals surface area contributed by atoms with Crippen molar-refractivity contribution < 1.29 is 4.79 Å². The Morgan fingerprint density at radius 1 is 1.40 bits per heavy atom. The first-order chi connectivity index (χ1) is 4.81. The molecule has 0 bridgehead atoms. The van der Waals surface area contributed by atoms with E-state index in [-0.39, 0.29) is 11.4 Å². The number of rotatable bonds is 0. The Morgan fingerprint density at radius 3 is 2.90 bits per heavy atom. The van der Waals surface area contributed by atoms with Crippen LogP contribution in [0.1, 0.15) is 25.7 Å². The van der Waals surface area contributed by atoms with Crippen LogP contribution < -0.4 is 5.32 Å². The van der Waals surface area contributed by atoms with E-state index in [9.17, 15) is 4.79 Å². The van der Waals surface area contributed by atoms with E-state index in [1.165, 1.54) is 12.8 Å². The fourth-order valence-corrected chi connectivity index (χ4v) is 1.38. The van der Waals surface area contributed by atoms with Gasteiger partial charge >= 0.3 is 0 Å². The van der Waals surface area contributed by atoms with Gasteiger partial charge in [-0.1, -0.05) is 12.2 Å². The second kappa shape index (κ2) is 1.84. The molecule has 1 aliphatic heterocycles. The van der Waals surface area contributed by atoms with Gasteiger partial charge in [0, 0.05) is 12.0 Å². The highest BCUT2D eigenvalue weighted by Gasteiger charge is 2.43. The summed E-state index contributed by atoms with van der Waals surface area (Å²) in [5.74, 6) is 0.186. The largest absolute Gasteiger partial charge is 0.350 e. The van der Waals surface area contributed by atoms with E-state index in [1.807, 2.05) is 6.08 Å². The molecule has 0 saturated heterocycles. The Kier molecular flexibility index (Phi) is 1.10. The molecule has 0 radical (unpaired) electrons. The van der Waals surface area contributed by atoms with Gasteiger partial charge in [-0.3, -0.25) is 4.79 Å². The maximum absolute atomic E-state index is 11.0. The smallest absolute Gasteiger partial charge is 0.224 e. The van der Waals surface area contributed by atoms with Crippen molar-refractivity contribution in [2.75, 3.05) is 0 Å². The van der Waals surface area contributed by atoms with Crippen molar-refractivity contribution in [1.29, 1.82) is 0 Å². The molecule has 2 aliphatic rings. The molecule has 1 amide bonds. The van der Waals surface area contributed by atoms with Gasteiger partial charge in [-0.15, -0.1) is 0 Å². The molecule has 2 rings (SSSR count). The average Bonchev–Trinajstić information content (AvgIpc) is 2.64. The van der Waals surface area contributed by atoms with Gasteiger partial charge in [0.2, 0.25) is 5.91 Å². The second-order valence-corrected chi connectivity index (χ2v) is 3.21. The highest BCUT2D eigenvalue weighted by molar-refractivity contribution is 5.79. The number of carbonyl (C=O) groups is 1. The predicted molar refractivity (Wildman–Crippen MR) is 38.5 cm³/mol. The molecule has 1 N–H and O–H groups in total. The summed E-state index contributed by atoms with van der Waals surface area (Å²) in [6.07, 6.45) is 8.03. The predicted octanol–water partition coefficient (Wildman–Crippen LogP) is 0.985. The molecule has 1 spiro atoms. The maximum Gasteiger partial charge on any atom is 0.224 e.